The molecule has 0 atom stereocenters. The monoisotopic (exact) mass is 285 g/mol. The minimum Gasteiger partial charge on any atom is -0.345 e. The van der Waals surface area contributed by atoms with Gasteiger partial charge in [-0.3, -0.25) is 4.79 Å². The normalized spacial score (nSPS) is 10.4. The van der Waals surface area contributed by atoms with E-state index in [1.807, 2.05) is 0 Å². The number of amides is 1. The average Bonchev–Trinajstić information content (AvgIpc) is 2.75. The number of hydrogen-bond donors (Lipinski definition) is 1. The Morgan fingerprint density at radius 2 is 2.17 bits per heavy atom. The van der Waals surface area contributed by atoms with Crippen molar-refractivity contribution in [2.45, 2.75) is 6.54 Å². The van der Waals surface area contributed by atoms with Crippen molar-refractivity contribution in [1.29, 1.82) is 0 Å². The smallest absolute Gasteiger partial charge is 0.251 e. The Hall–Kier alpha value is -1.66. The minimum atomic E-state index is -0.267. The standard InChI is InChI=1S/C10H9Cl2N5O/c1-17-9(14-15-16-17)5-13-10(18)6-2-3-7(11)8(12)4-6/h2-4H,5H2,1H3,(H,13,18). The topological polar surface area (TPSA) is 72.7 Å². The average molecular weight is 286 g/mol. The van der Waals surface area contributed by atoms with Crippen LogP contribution in [0.1, 0.15) is 16.2 Å². The number of hydrogen-bond acceptors (Lipinski definition) is 4. The maximum atomic E-state index is 11.8. The largest absolute Gasteiger partial charge is 0.345 e. The summed E-state index contributed by atoms with van der Waals surface area (Å²) in [5.74, 6) is 0.292. The summed E-state index contributed by atoms with van der Waals surface area (Å²) in [6.45, 7) is 0.239. The van der Waals surface area contributed by atoms with Crippen LogP contribution in [0.5, 0.6) is 0 Å². The first-order valence-corrected chi connectivity index (χ1v) is 5.78. The molecule has 6 nitrogen and oxygen atoms in total. The summed E-state index contributed by atoms with van der Waals surface area (Å²) in [6, 6.07) is 4.68. The summed E-state index contributed by atoms with van der Waals surface area (Å²) in [5, 5.41) is 14.3. The van der Waals surface area contributed by atoms with Crippen LogP contribution in [0.4, 0.5) is 0 Å². The summed E-state index contributed by atoms with van der Waals surface area (Å²) in [7, 11) is 1.70. The molecule has 1 N–H and O–H groups in total. The van der Waals surface area contributed by atoms with Gasteiger partial charge in [0.2, 0.25) is 0 Å². The molecule has 18 heavy (non-hydrogen) atoms. The van der Waals surface area contributed by atoms with E-state index in [1.54, 1.807) is 19.2 Å². The molecule has 0 radical (unpaired) electrons. The number of benzene rings is 1. The Kier molecular flexibility index (Phi) is 3.78. The highest BCUT2D eigenvalue weighted by Gasteiger charge is 2.09. The van der Waals surface area contributed by atoms with Crippen molar-refractivity contribution in [3.8, 4) is 0 Å². The summed E-state index contributed by atoms with van der Waals surface area (Å²) >= 11 is 11.6. The van der Waals surface area contributed by atoms with Crippen LogP contribution in [-0.2, 0) is 13.6 Å². The van der Waals surface area contributed by atoms with Crippen LogP contribution in [0.2, 0.25) is 10.0 Å². The van der Waals surface area contributed by atoms with Gasteiger partial charge in [0.1, 0.15) is 0 Å². The van der Waals surface area contributed by atoms with E-state index in [9.17, 15) is 4.79 Å². The van der Waals surface area contributed by atoms with Crippen molar-refractivity contribution in [2.75, 3.05) is 0 Å². The molecule has 0 saturated heterocycles. The van der Waals surface area contributed by atoms with Gasteiger partial charge in [0.05, 0.1) is 16.6 Å². The number of tetrazole rings is 1. The fraction of sp³-hybridized carbons (Fsp3) is 0.200. The molecule has 1 heterocycles. The Morgan fingerprint density at radius 1 is 1.39 bits per heavy atom. The van der Waals surface area contributed by atoms with E-state index < -0.39 is 0 Å². The van der Waals surface area contributed by atoms with Crippen molar-refractivity contribution >= 4 is 29.1 Å². The highest BCUT2D eigenvalue weighted by atomic mass is 35.5. The van der Waals surface area contributed by atoms with Crippen LogP contribution >= 0.6 is 23.2 Å². The molecule has 1 aromatic carbocycles. The third-order valence-electron chi connectivity index (χ3n) is 2.30. The van der Waals surface area contributed by atoms with Gasteiger partial charge in [0, 0.05) is 12.6 Å². The highest BCUT2D eigenvalue weighted by Crippen LogP contribution is 2.22. The maximum Gasteiger partial charge on any atom is 0.251 e. The molecule has 94 valence electrons. The molecule has 0 aliphatic heterocycles. The fourth-order valence-electron chi connectivity index (χ4n) is 1.30. The van der Waals surface area contributed by atoms with E-state index in [-0.39, 0.29) is 12.5 Å². The lowest BCUT2D eigenvalue weighted by atomic mass is 10.2. The van der Waals surface area contributed by atoms with Crippen LogP contribution in [0.3, 0.4) is 0 Å². The number of aryl methyl sites for hydroxylation is 1. The molecule has 0 spiro atoms. The van der Waals surface area contributed by atoms with Crippen LogP contribution in [-0.4, -0.2) is 26.1 Å². The Balaban J connectivity index is 2.04. The summed E-state index contributed by atoms with van der Waals surface area (Å²) in [4.78, 5) is 11.8. The molecule has 0 aliphatic carbocycles. The number of carbonyl (C=O) groups is 1. The Morgan fingerprint density at radius 3 is 2.78 bits per heavy atom. The molecular formula is C10H9Cl2N5O. The first kappa shape index (κ1) is 12.8. The zero-order valence-corrected chi connectivity index (χ0v) is 10.9. The predicted molar refractivity (Wildman–Crippen MR) is 66.4 cm³/mol. The number of nitrogens with zero attached hydrogens (tertiary/aromatic N) is 4. The fourth-order valence-corrected chi connectivity index (χ4v) is 1.59. The van der Waals surface area contributed by atoms with Gasteiger partial charge in [-0.1, -0.05) is 23.2 Å². The molecule has 2 rings (SSSR count). The zero-order chi connectivity index (χ0) is 13.1. The third-order valence-corrected chi connectivity index (χ3v) is 3.04. The zero-order valence-electron chi connectivity index (χ0n) is 9.39. The van der Waals surface area contributed by atoms with Crippen molar-refractivity contribution in [3.05, 3.63) is 39.6 Å². The minimum absolute atomic E-state index is 0.239. The van der Waals surface area contributed by atoms with Gasteiger partial charge >= 0.3 is 0 Å². The lowest BCUT2D eigenvalue weighted by molar-refractivity contribution is 0.0949. The first-order valence-electron chi connectivity index (χ1n) is 5.02. The molecule has 0 aliphatic rings. The molecule has 8 heteroatoms. The predicted octanol–water partition coefficient (Wildman–Crippen LogP) is 1.45. The lowest BCUT2D eigenvalue weighted by Crippen LogP contribution is -2.24. The number of nitrogens with one attached hydrogen (secondary N) is 1. The Bertz CT molecular complexity index is 583. The van der Waals surface area contributed by atoms with E-state index >= 15 is 0 Å². The van der Waals surface area contributed by atoms with E-state index in [1.165, 1.54) is 10.7 Å². The van der Waals surface area contributed by atoms with Gasteiger partial charge in [0.25, 0.3) is 5.91 Å². The van der Waals surface area contributed by atoms with Gasteiger partial charge in [0.15, 0.2) is 5.82 Å². The second-order valence-corrected chi connectivity index (χ2v) is 4.34. The summed E-state index contributed by atoms with van der Waals surface area (Å²) in [5.41, 5.74) is 0.430. The lowest BCUT2D eigenvalue weighted by Gasteiger charge is -2.05. The van der Waals surface area contributed by atoms with Crippen LogP contribution in [0, 0.1) is 0 Å². The molecule has 0 fully saturated rings. The molecule has 0 bridgehead atoms. The van der Waals surface area contributed by atoms with E-state index in [4.69, 9.17) is 23.2 Å². The van der Waals surface area contributed by atoms with Crippen LogP contribution in [0.25, 0.3) is 0 Å². The number of halogens is 2. The Labute approximate surface area is 113 Å². The summed E-state index contributed by atoms with van der Waals surface area (Å²) < 4.78 is 1.48. The quantitative estimate of drug-likeness (QED) is 0.926. The van der Waals surface area contributed by atoms with Crippen molar-refractivity contribution < 1.29 is 4.79 Å². The number of carbonyl (C=O) groups excluding carboxylic acids is 1. The molecule has 1 amide bonds. The second kappa shape index (κ2) is 5.32. The summed E-state index contributed by atoms with van der Waals surface area (Å²) in [6.07, 6.45) is 0. The van der Waals surface area contributed by atoms with Gasteiger partial charge in [-0.25, -0.2) is 4.68 Å². The second-order valence-electron chi connectivity index (χ2n) is 3.53. The van der Waals surface area contributed by atoms with Crippen molar-refractivity contribution in [3.63, 3.8) is 0 Å². The molecule has 2 aromatic rings. The van der Waals surface area contributed by atoms with E-state index in [0.29, 0.717) is 21.4 Å². The van der Waals surface area contributed by atoms with Crippen molar-refractivity contribution in [1.82, 2.24) is 25.5 Å². The van der Waals surface area contributed by atoms with Crippen LogP contribution in [0.15, 0.2) is 18.2 Å². The van der Waals surface area contributed by atoms with Gasteiger partial charge in [-0.15, -0.1) is 5.10 Å². The van der Waals surface area contributed by atoms with E-state index in [2.05, 4.69) is 20.8 Å². The third kappa shape index (κ3) is 2.77. The highest BCUT2D eigenvalue weighted by molar-refractivity contribution is 6.42. The van der Waals surface area contributed by atoms with Crippen molar-refractivity contribution in [2.24, 2.45) is 7.05 Å². The molecule has 1 aromatic heterocycles. The molecule has 0 unspecified atom stereocenters. The van der Waals surface area contributed by atoms with Gasteiger partial charge < -0.3 is 5.32 Å². The number of aromatic nitrogens is 4. The van der Waals surface area contributed by atoms with Gasteiger partial charge in [-0.05, 0) is 28.6 Å². The maximum absolute atomic E-state index is 11.8. The first-order chi connectivity index (χ1) is 8.58. The SMILES string of the molecule is Cn1nnnc1CNC(=O)c1ccc(Cl)c(Cl)c1. The van der Waals surface area contributed by atoms with E-state index in [0.717, 1.165) is 0 Å². The van der Waals surface area contributed by atoms with Gasteiger partial charge in [-0.2, -0.15) is 0 Å². The van der Waals surface area contributed by atoms with Crippen LogP contribution < -0.4 is 5.32 Å². The molecular weight excluding hydrogens is 277 g/mol. The molecule has 0 saturated carbocycles. The number of rotatable bonds is 3.